The van der Waals surface area contributed by atoms with Crippen molar-refractivity contribution in [1.29, 1.82) is 0 Å². The normalized spacial score (nSPS) is 10.6. The number of amides is 1. The van der Waals surface area contributed by atoms with Crippen molar-refractivity contribution >= 4 is 23.3 Å². The lowest BCUT2D eigenvalue weighted by molar-refractivity contribution is 0.102. The average molecular weight is 304 g/mol. The molecule has 1 N–H and O–H groups in total. The average Bonchev–Trinajstić information content (AvgIpc) is 3.11. The van der Waals surface area contributed by atoms with E-state index >= 15 is 0 Å². The van der Waals surface area contributed by atoms with Gasteiger partial charge in [-0.1, -0.05) is 16.8 Å². The van der Waals surface area contributed by atoms with Crippen LogP contribution in [-0.4, -0.2) is 25.8 Å². The van der Waals surface area contributed by atoms with Gasteiger partial charge in [0.15, 0.2) is 5.82 Å². The molecule has 0 aliphatic heterocycles. The molecule has 0 fully saturated rings. The maximum atomic E-state index is 12.2. The van der Waals surface area contributed by atoms with E-state index in [1.165, 1.54) is 12.7 Å². The Kier molecular flexibility index (Phi) is 3.41. The number of carbonyl (C=O) groups is 1. The van der Waals surface area contributed by atoms with Gasteiger partial charge in [-0.3, -0.25) is 9.36 Å². The van der Waals surface area contributed by atoms with Crippen LogP contribution in [0.2, 0.25) is 5.02 Å². The van der Waals surface area contributed by atoms with Crippen LogP contribution in [0.15, 0.2) is 41.4 Å². The van der Waals surface area contributed by atoms with E-state index in [4.69, 9.17) is 16.1 Å². The van der Waals surface area contributed by atoms with Crippen LogP contribution in [0.4, 0.5) is 5.82 Å². The molecule has 0 spiro atoms. The van der Waals surface area contributed by atoms with Crippen LogP contribution in [0.1, 0.15) is 16.1 Å². The molecule has 0 aliphatic carbocycles. The van der Waals surface area contributed by atoms with Gasteiger partial charge in [0.2, 0.25) is 0 Å². The third-order valence-electron chi connectivity index (χ3n) is 2.78. The van der Waals surface area contributed by atoms with Gasteiger partial charge in [0.25, 0.3) is 5.91 Å². The first kappa shape index (κ1) is 13.3. The van der Waals surface area contributed by atoms with Gasteiger partial charge in [0.1, 0.15) is 18.4 Å². The molecule has 0 aliphatic rings. The topological polar surface area (TPSA) is 85.8 Å². The zero-order valence-corrected chi connectivity index (χ0v) is 11.7. The minimum Gasteiger partial charge on any atom is -0.360 e. The van der Waals surface area contributed by atoms with Crippen LogP contribution in [0, 0.1) is 6.92 Å². The SMILES string of the molecule is Cc1cc(NC(=O)c2cc(-n3cnnc3)ccc2Cl)no1. The maximum Gasteiger partial charge on any atom is 0.258 e. The molecule has 0 saturated carbocycles. The van der Waals surface area contributed by atoms with E-state index in [0.717, 1.165) is 5.69 Å². The second kappa shape index (κ2) is 5.37. The molecule has 1 amide bonds. The standard InChI is InChI=1S/C13H10ClN5O2/c1-8-4-12(18-21-8)17-13(20)10-5-9(2-3-11(10)14)19-6-15-16-7-19/h2-7H,1H3,(H,17,18,20). The molecule has 2 aromatic heterocycles. The maximum absolute atomic E-state index is 12.2. The number of aromatic nitrogens is 4. The van der Waals surface area contributed by atoms with Crippen LogP contribution in [0.5, 0.6) is 0 Å². The molecular weight excluding hydrogens is 294 g/mol. The van der Waals surface area contributed by atoms with Crippen LogP contribution in [0.25, 0.3) is 5.69 Å². The van der Waals surface area contributed by atoms with Gasteiger partial charge in [0, 0.05) is 11.8 Å². The van der Waals surface area contributed by atoms with Crippen molar-refractivity contribution in [3.05, 3.63) is 53.3 Å². The second-order valence-corrected chi connectivity index (χ2v) is 4.72. The third-order valence-corrected chi connectivity index (χ3v) is 3.11. The first-order valence-corrected chi connectivity index (χ1v) is 6.40. The minimum absolute atomic E-state index is 0.323. The Hall–Kier alpha value is -2.67. The van der Waals surface area contributed by atoms with Crippen molar-refractivity contribution in [2.75, 3.05) is 5.32 Å². The number of nitrogens with zero attached hydrogens (tertiary/aromatic N) is 4. The summed E-state index contributed by atoms with van der Waals surface area (Å²) in [5, 5.41) is 14.1. The number of aryl methyl sites for hydroxylation is 1. The largest absolute Gasteiger partial charge is 0.360 e. The Morgan fingerprint density at radius 3 is 2.71 bits per heavy atom. The molecule has 3 aromatic rings. The van der Waals surface area contributed by atoms with E-state index in [9.17, 15) is 4.79 Å². The molecule has 8 heteroatoms. The molecule has 7 nitrogen and oxygen atoms in total. The minimum atomic E-state index is -0.372. The number of rotatable bonds is 3. The molecule has 106 valence electrons. The summed E-state index contributed by atoms with van der Waals surface area (Å²) >= 11 is 6.08. The smallest absolute Gasteiger partial charge is 0.258 e. The number of halogens is 1. The van der Waals surface area contributed by atoms with E-state index in [0.29, 0.717) is 22.2 Å². The molecule has 21 heavy (non-hydrogen) atoms. The molecule has 3 rings (SSSR count). The second-order valence-electron chi connectivity index (χ2n) is 4.31. The van der Waals surface area contributed by atoms with Crippen LogP contribution >= 0.6 is 11.6 Å². The van der Waals surface area contributed by atoms with Gasteiger partial charge < -0.3 is 9.84 Å². The number of hydrogen-bond donors (Lipinski definition) is 1. The summed E-state index contributed by atoms with van der Waals surface area (Å²) < 4.78 is 6.57. The van der Waals surface area contributed by atoms with Crippen LogP contribution in [0.3, 0.4) is 0 Å². The Morgan fingerprint density at radius 2 is 2.05 bits per heavy atom. The van der Waals surface area contributed by atoms with Gasteiger partial charge in [-0.15, -0.1) is 10.2 Å². The molecular formula is C13H10ClN5O2. The monoisotopic (exact) mass is 303 g/mol. The quantitative estimate of drug-likeness (QED) is 0.803. The van der Waals surface area contributed by atoms with E-state index in [1.807, 2.05) is 0 Å². The lowest BCUT2D eigenvalue weighted by Gasteiger charge is -2.07. The molecule has 0 bridgehead atoms. The third kappa shape index (κ3) is 2.77. The van der Waals surface area contributed by atoms with E-state index < -0.39 is 0 Å². The fraction of sp³-hybridized carbons (Fsp3) is 0.0769. The van der Waals surface area contributed by atoms with Crippen molar-refractivity contribution in [2.45, 2.75) is 6.92 Å². The Labute approximate surface area is 124 Å². The summed E-state index contributed by atoms with van der Waals surface area (Å²) in [6.07, 6.45) is 3.07. The Morgan fingerprint density at radius 1 is 1.29 bits per heavy atom. The van der Waals surface area contributed by atoms with Crippen molar-refractivity contribution in [3.63, 3.8) is 0 Å². The number of carbonyl (C=O) groups excluding carboxylic acids is 1. The lowest BCUT2D eigenvalue weighted by Crippen LogP contribution is -2.13. The van der Waals surface area contributed by atoms with Crippen molar-refractivity contribution in [2.24, 2.45) is 0 Å². The van der Waals surface area contributed by atoms with Gasteiger partial charge >= 0.3 is 0 Å². The van der Waals surface area contributed by atoms with Gasteiger partial charge in [-0.25, -0.2) is 0 Å². The number of nitrogens with one attached hydrogen (secondary N) is 1. The predicted molar refractivity (Wildman–Crippen MR) is 75.6 cm³/mol. The Bertz CT molecular complexity index is 782. The van der Waals surface area contributed by atoms with E-state index in [2.05, 4.69) is 20.7 Å². The summed E-state index contributed by atoms with van der Waals surface area (Å²) in [5.41, 5.74) is 1.05. The van der Waals surface area contributed by atoms with Gasteiger partial charge in [-0.2, -0.15) is 0 Å². The first-order chi connectivity index (χ1) is 10.1. The molecule has 1 aromatic carbocycles. The highest BCUT2D eigenvalue weighted by atomic mass is 35.5. The highest BCUT2D eigenvalue weighted by molar-refractivity contribution is 6.34. The summed E-state index contributed by atoms with van der Waals surface area (Å²) in [4.78, 5) is 12.2. The summed E-state index contributed by atoms with van der Waals surface area (Å²) in [5.74, 6) is 0.570. The lowest BCUT2D eigenvalue weighted by atomic mass is 10.2. The van der Waals surface area contributed by atoms with E-state index in [1.54, 1.807) is 35.8 Å². The van der Waals surface area contributed by atoms with Crippen molar-refractivity contribution < 1.29 is 9.32 Å². The summed E-state index contributed by atoms with van der Waals surface area (Å²) in [6.45, 7) is 1.74. The first-order valence-electron chi connectivity index (χ1n) is 6.03. The number of anilines is 1. The highest BCUT2D eigenvalue weighted by Crippen LogP contribution is 2.21. The highest BCUT2D eigenvalue weighted by Gasteiger charge is 2.14. The fourth-order valence-corrected chi connectivity index (χ4v) is 1.99. The molecule has 0 unspecified atom stereocenters. The summed E-state index contributed by atoms with van der Waals surface area (Å²) in [6, 6.07) is 6.67. The van der Waals surface area contributed by atoms with Crippen LogP contribution < -0.4 is 5.32 Å². The van der Waals surface area contributed by atoms with Crippen LogP contribution in [-0.2, 0) is 0 Å². The van der Waals surface area contributed by atoms with Gasteiger partial charge in [0.05, 0.1) is 10.6 Å². The predicted octanol–water partition coefficient (Wildman–Crippen LogP) is 2.47. The zero-order chi connectivity index (χ0) is 14.8. The van der Waals surface area contributed by atoms with Crippen molar-refractivity contribution in [1.82, 2.24) is 19.9 Å². The molecule has 0 atom stereocenters. The van der Waals surface area contributed by atoms with Gasteiger partial charge in [-0.05, 0) is 25.1 Å². The number of hydrogen-bond acceptors (Lipinski definition) is 5. The molecule has 0 saturated heterocycles. The van der Waals surface area contributed by atoms with E-state index in [-0.39, 0.29) is 5.91 Å². The van der Waals surface area contributed by atoms with Crippen molar-refractivity contribution in [3.8, 4) is 5.69 Å². The molecule has 0 radical (unpaired) electrons. The Balaban J connectivity index is 1.90. The molecule has 2 heterocycles. The number of benzene rings is 1. The fourth-order valence-electron chi connectivity index (χ4n) is 1.79. The zero-order valence-electron chi connectivity index (χ0n) is 10.9. The summed E-state index contributed by atoms with van der Waals surface area (Å²) in [7, 11) is 0.